The number of rotatable bonds is 6. The first-order valence-electron chi connectivity index (χ1n) is 8.24. The molecule has 1 N–H and O–H groups in total. The molecule has 0 aliphatic carbocycles. The maximum Gasteiger partial charge on any atom is 0.417 e. The zero-order valence-corrected chi connectivity index (χ0v) is 15.6. The summed E-state index contributed by atoms with van der Waals surface area (Å²) in [6.07, 6.45) is -3.56. The van der Waals surface area contributed by atoms with Crippen LogP contribution < -0.4 is 5.32 Å². The molecule has 8 heteroatoms. The molecule has 148 valence electrons. The topological polar surface area (TPSA) is 55.4 Å². The van der Waals surface area contributed by atoms with Gasteiger partial charge in [-0.25, -0.2) is 4.79 Å². The van der Waals surface area contributed by atoms with Crippen LogP contribution in [0.4, 0.5) is 13.2 Å². The van der Waals surface area contributed by atoms with Crippen LogP contribution in [0.15, 0.2) is 54.6 Å². The molecular weight excluding hydrogens is 395 g/mol. The van der Waals surface area contributed by atoms with Gasteiger partial charge in [-0.05, 0) is 36.3 Å². The van der Waals surface area contributed by atoms with Crippen molar-refractivity contribution in [2.75, 3.05) is 0 Å². The fourth-order valence-electron chi connectivity index (χ4n) is 2.22. The SMILES string of the molecule is C[C@H](OC(=O)/C=C/c1ccc(Cl)c(C(F)(F)F)c1)C(=O)NCc1ccccc1. The van der Waals surface area contributed by atoms with Crippen LogP contribution in [0.5, 0.6) is 0 Å². The Morgan fingerprint density at radius 3 is 2.50 bits per heavy atom. The normalized spacial score (nSPS) is 12.6. The molecule has 0 spiro atoms. The number of benzene rings is 2. The standard InChI is InChI=1S/C20H17ClF3NO3/c1-13(19(27)25-12-15-5-3-2-4-6-15)28-18(26)10-8-14-7-9-17(21)16(11-14)20(22,23)24/h2-11,13H,12H2,1H3,(H,25,27)/b10-8+/t13-/m0/s1. The van der Waals surface area contributed by atoms with E-state index in [4.69, 9.17) is 16.3 Å². The van der Waals surface area contributed by atoms with Gasteiger partial charge >= 0.3 is 12.1 Å². The third-order valence-electron chi connectivity index (χ3n) is 3.68. The van der Waals surface area contributed by atoms with Gasteiger partial charge in [0.2, 0.25) is 0 Å². The lowest BCUT2D eigenvalue weighted by Gasteiger charge is -2.12. The highest BCUT2D eigenvalue weighted by atomic mass is 35.5. The minimum atomic E-state index is -4.60. The Labute approximate surface area is 165 Å². The zero-order chi connectivity index (χ0) is 20.7. The number of hydrogen-bond acceptors (Lipinski definition) is 3. The summed E-state index contributed by atoms with van der Waals surface area (Å²) in [6.45, 7) is 1.68. The molecule has 0 saturated heterocycles. The quantitative estimate of drug-likeness (QED) is 0.557. The molecule has 0 aliphatic rings. The Morgan fingerprint density at radius 1 is 1.18 bits per heavy atom. The first-order chi connectivity index (χ1) is 13.2. The Kier molecular flexibility index (Phi) is 7.23. The molecule has 2 aromatic carbocycles. The summed E-state index contributed by atoms with van der Waals surface area (Å²) >= 11 is 5.54. The molecule has 0 aromatic heterocycles. The molecule has 0 unspecified atom stereocenters. The predicted octanol–water partition coefficient (Wildman–Crippen LogP) is 4.62. The van der Waals surface area contributed by atoms with E-state index in [1.54, 1.807) is 0 Å². The number of esters is 1. The van der Waals surface area contributed by atoms with Gasteiger partial charge in [0.1, 0.15) is 0 Å². The molecule has 0 fully saturated rings. The first kappa shape index (κ1) is 21.5. The Hall–Kier alpha value is -2.80. The monoisotopic (exact) mass is 411 g/mol. The number of carbonyl (C=O) groups excluding carboxylic acids is 2. The maximum absolute atomic E-state index is 12.8. The largest absolute Gasteiger partial charge is 0.449 e. The maximum atomic E-state index is 12.8. The number of halogens is 4. The number of amides is 1. The molecule has 1 amide bonds. The van der Waals surface area contributed by atoms with Gasteiger partial charge in [0.15, 0.2) is 6.10 Å². The van der Waals surface area contributed by atoms with E-state index < -0.39 is 34.7 Å². The van der Waals surface area contributed by atoms with Crippen molar-refractivity contribution in [2.24, 2.45) is 0 Å². The number of carbonyl (C=O) groups is 2. The van der Waals surface area contributed by atoms with Crippen molar-refractivity contribution in [3.8, 4) is 0 Å². The molecule has 0 bridgehead atoms. The second-order valence-electron chi connectivity index (χ2n) is 5.85. The summed E-state index contributed by atoms with van der Waals surface area (Å²) < 4.78 is 43.5. The fourth-order valence-corrected chi connectivity index (χ4v) is 2.45. The van der Waals surface area contributed by atoms with Crippen LogP contribution in [0.1, 0.15) is 23.6 Å². The minimum Gasteiger partial charge on any atom is -0.449 e. The van der Waals surface area contributed by atoms with E-state index in [0.29, 0.717) is 0 Å². The van der Waals surface area contributed by atoms with Crippen LogP contribution >= 0.6 is 11.6 Å². The van der Waals surface area contributed by atoms with E-state index in [2.05, 4.69) is 5.32 Å². The number of nitrogens with one attached hydrogen (secondary N) is 1. The second-order valence-corrected chi connectivity index (χ2v) is 6.26. The molecule has 4 nitrogen and oxygen atoms in total. The Morgan fingerprint density at radius 2 is 1.86 bits per heavy atom. The predicted molar refractivity (Wildman–Crippen MR) is 99.3 cm³/mol. The average Bonchev–Trinajstić information content (AvgIpc) is 2.65. The Balaban J connectivity index is 1.91. The Bertz CT molecular complexity index is 867. The fraction of sp³-hybridized carbons (Fsp3) is 0.200. The van der Waals surface area contributed by atoms with Crippen LogP contribution in [0.3, 0.4) is 0 Å². The summed E-state index contributed by atoms with van der Waals surface area (Å²) in [5.41, 5.74) is 0.00526. The lowest BCUT2D eigenvalue weighted by atomic mass is 10.1. The molecule has 1 atom stereocenters. The van der Waals surface area contributed by atoms with E-state index in [9.17, 15) is 22.8 Å². The van der Waals surface area contributed by atoms with Crippen LogP contribution in [-0.2, 0) is 27.0 Å². The van der Waals surface area contributed by atoms with E-state index in [-0.39, 0.29) is 12.1 Å². The number of alkyl halides is 3. The molecular formula is C20H17ClF3NO3. The summed E-state index contributed by atoms with van der Waals surface area (Å²) in [7, 11) is 0. The van der Waals surface area contributed by atoms with Gasteiger partial charge in [-0.3, -0.25) is 4.79 Å². The average molecular weight is 412 g/mol. The molecule has 2 rings (SSSR count). The van der Waals surface area contributed by atoms with Crippen molar-refractivity contribution >= 4 is 29.6 Å². The van der Waals surface area contributed by atoms with Crippen molar-refractivity contribution in [3.05, 3.63) is 76.3 Å². The van der Waals surface area contributed by atoms with Gasteiger partial charge in [-0.2, -0.15) is 13.2 Å². The second kappa shape index (κ2) is 9.41. The van der Waals surface area contributed by atoms with E-state index in [0.717, 1.165) is 29.8 Å². The minimum absolute atomic E-state index is 0.120. The lowest BCUT2D eigenvalue weighted by Crippen LogP contribution is -2.35. The van der Waals surface area contributed by atoms with Crippen molar-refractivity contribution < 1.29 is 27.5 Å². The molecule has 2 aromatic rings. The summed E-state index contributed by atoms with van der Waals surface area (Å²) in [5.74, 6) is -1.35. The van der Waals surface area contributed by atoms with Gasteiger partial charge in [0, 0.05) is 12.6 Å². The van der Waals surface area contributed by atoms with Gasteiger partial charge < -0.3 is 10.1 Å². The van der Waals surface area contributed by atoms with Crippen LogP contribution in [0.2, 0.25) is 5.02 Å². The van der Waals surface area contributed by atoms with Crippen molar-refractivity contribution in [2.45, 2.75) is 25.7 Å². The zero-order valence-electron chi connectivity index (χ0n) is 14.8. The molecule has 0 saturated carbocycles. The van der Waals surface area contributed by atoms with Crippen LogP contribution in [0.25, 0.3) is 6.08 Å². The van der Waals surface area contributed by atoms with Crippen LogP contribution in [-0.4, -0.2) is 18.0 Å². The smallest absolute Gasteiger partial charge is 0.417 e. The van der Waals surface area contributed by atoms with E-state index >= 15 is 0 Å². The van der Waals surface area contributed by atoms with Crippen molar-refractivity contribution in [3.63, 3.8) is 0 Å². The highest BCUT2D eigenvalue weighted by Crippen LogP contribution is 2.35. The summed E-state index contributed by atoms with van der Waals surface area (Å²) in [4.78, 5) is 23.8. The van der Waals surface area contributed by atoms with Gasteiger partial charge in [0.25, 0.3) is 5.91 Å². The summed E-state index contributed by atoms with van der Waals surface area (Å²) in [6, 6.07) is 12.4. The van der Waals surface area contributed by atoms with E-state index in [1.807, 2.05) is 30.3 Å². The van der Waals surface area contributed by atoms with Gasteiger partial charge in [-0.1, -0.05) is 48.0 Å². The van der Waals surface area contributed by atoms with Crippen LogP contribution in [0, 0.1) is 0 Å². The molecule has 28 heavy (non-hydrogen) atoms. The van der Waals surface area contributed by atoms with Gasteiger partial charge in [-0.15, -0.1) is 0 Å². The third-order valence-corrected chi connectivity index (χ3v) is 4.01. The van der Waals surface area contributed by atoms with E-state index in [1.165, 1.54) is 13.0 Å². The van der Waals surface area contributed by atoms with Crippen molar-refractivity contribution in [1.82, 2.24) is 5.32 Å². The highest BCUT2D eigenvalue weighted by Gasteiger charge is 2.33. The molecule has 0 radical (unpaired) electrons. The molecule has 0 heterocycles. The first-order valence-corrected chi connectivity index (χ1v) is 8.61. The lowest BCUT2D eigenvalue weighted by molar-refractivity contribution is -0.150. The number of hydrogen-bond donors (Lipinski definition) is 1. The van der Waals surface area contributed by atoms with Crippen molar-refractivity contribution in [1.29, 1.82) is 0 Å². The van der Waals surface area contributed by atoms with Gasteiger partial charge in [0.05, 0.1) is 10.6 Å². The number of ether oxygens (including phenoxy) is 1. The third kappa shape index (κ3) is 6.42. The highest BCUT2D eigenvalue weighted by molar-refractivity contribution is 6.31. The molecule has 0 aliphatic heterocycles. The summed E-state index contributed by atoms with van der Waals surface area (Å²) in [5, 5.41) is 2.19.